The van der Waals surface area contributed by atoms with Gasteiger partial charge in [0.2, 0.25) is 0 Å². The van der Waals surface area contributed by atoms with E-state index < -0.39 is 67.4 Å². The summed E-state index contributed by atoms with van der Waals surface area (Å²) >= 11 is 0. The average Bonchev–Trinajstić information content (AvgIpc) is 3.41. The molecule has 0 radical (unpaired) electrons. The van der Waals surface area contributed by atoms with E-state index in [4.69, 9.17) is 52.1 Å². The fourth-order valence-corrected chi connectivity index (χ4v) is 8.60. The SMILES string of the molecule is COC(=O)c1ccccc1CO[C@@H]1[C@@H](OCc2ccccc2)[C@@H](OC)O[C@H](COCc2ccccc2)[C@H]1O[C@H]1O[C@H](COCc2ccccc2)[C@@H](OCc2ccccc2)[C@H](OCc2ccccc2)[C@H]1O. The van der Waals surface area contributed by atoms with Crippen LogP contribution in [0.25, 0.3) is 0 Å². The van der Waals surface area contributed by atoms with Crippen molar-refractivity contribution < 1.29 is 62.0 Å². The second-order valence-electron chi connectivity index (χ2n) is 17.1. The number of ether oxygens (including phenoxy) is 11. The zero-order chi connectivity index (χ0) is 48.3. The predicted octanol–water partition coefficient (Wildman–Crippen LogP) is 8.39. The third-order valence-electron chi connectivity index (χ3n) is 12.2. The van der Waals surface area contributed by atoms with Crippen LogP contribution < -0.4 is 0 Å². The number of hydrogen-bond donors (Lipinski definition) is 1. The van der Waals surface area contributed by atoms with Crippen LogP contribution in [-0.2, 0) is 91.7 Å². The smallest absolute Gasteiger partial charge is 0.338 e. The van der Waals surface area contributed by atoms with Crippen LogP contribution in [0.3, 0.4) is 0 Å². The molecule has 8 rings (SSSR count). The van der Waals surface area contributed by atoms with Crippen molar-refractivity contribution in [2.24, 2.45) is 0 Å². The van der Waals surface area contributed by atoms with Gasteiger partial charge in [-0.3, -0.25) is 0 Å². The first-order valence-electron chi connectivity index (χ1n) is 23.6. The predicted molar refractivity (Wildman–Crippen MR) is 259 cm³/mol. The van der Waals surface area contributed by atoms with Gasteiger partial charge in [-0.25, -0.2) is 4.79 Å². The lowest BCUT2D eigenvalue weighted by Crippen LogP contribution is -2.66. The summed E-state index contributed by atoms with van der Waals surface area (Å²) in [5, 5.41) is 12.7. The van der Waals surface area contributed by atoms with Crippen LogP contribution in [0.1, 0.15) is 43.7 Å². The van der Waals surface area contributed by atoms with E-state index in [9.17, 15) is 9.90 Å². The van der Waals surface area contributed by atoms with Crippen molar-refractivity contribution in [3.05, 3.63) is 215 Å². The Bertz CT molecular complexity index is 2410. The molecule has 0 spiro atoms. The molecule has 2 saturated heterocycles. The first-order chi connectivity index (χ1) is 34.5. The lowest BCUT2D eigenvalue weighted by molar-refractivity contribution is -0.372. The summed E-state index contributed by atoms with van der Waals surface area (Å²) in [4.78, 5) is 13.0. The summed E-state index contributed by atoms with van der Waals surface area (Å²) in [7, 11) is 2.87. The second-order valence-corrected chi connectivity index (χ2v) is 17.1. The number of carbonyl (C=O) groups is 1. The van der Waals surface area contributed by atoms with E-state index in [1.165, 1.54) is 14.2 Å². The third-order valence-corrected chi connectivity index (χ3v) is 12.2. The quantitative estimate of drug-likeness (QED) is 0.0582. The number of aliphatic hydroxyl groups excluding tert-OH is 1. The highest BCUT2D eigenvalue weighted by Gasteiger charge is 2.54. The minimum atomic E-state index is -1.41. The van der Waals surface area contributed by atoms with E-state index in [2.05, 4.69) is 0 Å². The van der Waals surface area contributed by atoms with Crippen LogP contribution >= 0.6 is 0 Å². The number of carbonyl (C=O) groups excluding carboxylic acids is 1. The van der Waals surface area contributed by atoms with Gasteiger partial charge in [0.15, 0.2) is 12.6 Å². The monoisotopic (exact) mass is 954 g/mol. The molecule has 0 bridgehead atoms. The molecule has 70 heavy (non-hydrogen) atoms. The lowest BCUT2D eigenvalue weighted by Gasteiger charge is -2.49. The number of hydrogen-bond acceptors (Lipinski definition) is 13. The number of methoxy groups -OCH3 is 2. The standard InChI is InChI=1S/C57H62O13/c1-60-55(59)46-31-19-18-30-45(46)37-67-53-51(48(39-63-33-41-22-10-4-11-23-41)69-57(61-2)54(53)66-36-44-28-16-7-17-29-44)70-56-49(58)52(65-35-43-26-14-6-15-27-43)50(64-34-42-24-12-5-13-25-42)47(68-56)38-62-32-40-20-8-3-9-21-40/h3-31,47-54,56-58H,32-39H2,1-2H3/t47-,48-,49-,50-,51-,52-,53+,54-,56-,57+/m1/s1. The van der Waals surface area contributed by atoms with Crippen LogP contribution in [0.4, 0.5) is 0 Å². The summed E-state index contributed by atoms with van der Waals surface area (Å²) in [6.07, 6.45) is -10.1. The summed E-state index contributed by atoms with van der Waals surface area (Å²) in [5.74, 6) is -0.511. The summed E-state index contributed by atoms with van der Waals surface area (Å²) in [6.45, 7) is 1.16. The molecule has 2 aliphatic rings. The Kier molecular flexibility index (Phi) is 19.2. The molecule has 2 fully saturated rings. The van der Waals surface area contributed by atoms with Crippen LogP contribution in [0, 0.1) is 0 Å². The third kappa shape index (κ3) is 14.0. The molecule has 1 N–H and O–H groups in total. The molecule has 0 saturated carbocycles. The number of rotatable bonds is 24. The summed E-state index contributed by atoms with van der Waals surface area (Å²) < 4.78 is 71.6. The Hall–Kier alpha value is -5.65. The molecular formula is C57H62O13. The number of aliphatic hydroxyl groups is 1. The zero-order valence-electron chi connectivity index (χ0n) is 39.5. The van der Waals surface area contributed by atoms with Crippen molar-refractivity contribution >= 4 is 5.97 Å². The molecule has 368 valence electrons. The van der Waals surface area contributed by atoms with Crippen molar-refractivity contribution in [3.8, 4) is 0 Å². The Balaban J connectivity index is 1.15. The van der Waals surface area contributed by atoms with Crippen molar-refractivity contribution in [3.63, 3.8) is 0 Å². The second kappa shape index (κ2) is 26.5. The van der Waals surface area contributed by atoms with Gasteiger partial charge in [0.05, 0.1) is 65.5 Å². The van der Waals surface area contributed by atoms with E-state index in [0.717, 1.165) is 27.8 Å². The molecule has 0 aliphatic carbocycles. The first kappa shape index (κ1) is 50.7. The molecule has 13 heteroatoms. The van der Waals surface area contributed by atoms with Crippen LogP contribution in [0.5, 0.6) is 0 Å². The zero-order valence-corrected chi connectivity index (χ0v) is 39.5. The first-order valence-corrected chi connectivity index (χ1v) is 23.6. The maximum absolute atomic E-state index is 13.0. The molecule has 6 aromatic carbocycles. The lowest BCUT2D eigenvalue weighted by atomic mass is 9.96. The maximum Gasteiger partial charge on any atom is 0.338 e. The van der Waals surface area contributed by atoms with Gasteiger partial charge < -0.3 is 57.2 Å². The molecular weight excluding hydrogens is 893 g/mol. The van der Waals surface area contributed by atoms with Gasteiger partial charge in [0.1, 0.15) is 48.8 Å². The fourth-order valence-electron chi connectivity index (χ4n) is 8.60. The van der Waals surface area contributed by atoms with Crippen molar-refractivity contribution in [1.82, 2.24) is 0 Å². The topological polar surface area (TPSA) is 139 Å². The highest BCUT2D eigenvalue weighted by molar-refractivity contribution is 5.90. The Morgan fingerprint density at radius 3 is 1.33 bits per heavy atom. The van der Waals surface area contributed by atoms with Crippen LogP contribution in [-0.4, -0.2) is 99.9 Å². The largest absolute Gasteiger partial charge is 0.465 e. The Morgan fingerprint density at radius 1 is 0.443 bits per heavy atom. The van der Waals surface area contributed by atoms with E-state index in [-0.39, 0.29) is 46.2 Å². The van der Waals surface area contributed by atoms with Gasteiger partial charge in [0, 0.05) is 7.11 Å². The summed E-state index contributed by atoms with van der Waals surface area (Å²) in [5.41, 5.74) is 5.59. The van der Waals surface area contributed by atoms with Gasteiger partial charge >= 0.3 is 5.97 Å². The van der Waals surface area contributed by atoms with E-state index >= 15 is 0 Å². The molecule has 0 unspecified atom stereocenters. The number of esters is 1. The molecule has 6 aromatic rings. The van der Waals surface area contributed by atoms with Crippen molar-refractivity contribution in [1.29, 1.82) is 0 Å². The molecule has 13 nitrogen and oxygen atoms in total. The van der Waals surface area contributed by atoms with E-state index in [0.29, 0.717) is 17.7 Å². The van der Waals surface area contributed by atoms with Gasteiger partial charge in [0.25, 0.3) is 0 Å². The van der Waals surface area contributed by atoms with Gasteiger partial charge in [-0.05, 0) is 39.4 Å². The van der Waals surface area contributed by atoms with Crippen LogP contribution in [0.2, 0.25) is 0 Å². The van der Waals surface area contributed by atoms with E-state index in [1.54, 1.807) is 18.2 Å². The van der Waals surface area contributed by atoms with Gasteiger partial charge in [-0.1, -0.05) is 170 Å². The molecule has 2 heterocycles. The van der Waals surface area contributed by atoms with Crippen LogP contribution in [0.15, 0.2) is 176 Å². The highest BCUT2D eigenvalue weighted by Crippen LogP contribution is 2.36. The summed E-state index contributed by atoms with van der Waals surface area (Å²) in [6, 6.07) is 55.9. The minimum absolute atomic E-state index is 0.0204. The highest BCUT2D eigenvalue weighted by atomic mass is 16.8. The normalized spacial score (nSPS) is 24.5. The molecule has 0 amide bonds. The minimum Gasteiger partial charge on any atom is -0.465 e. The van der Waals surface area contributed by atoms with E-state index in [1.807, 2.05) is 158 Å². The molecule has 2 aliphatic heterocycles. The molecule has 0 aromatic heterocycles. The van der Waals surface area contributed by atoms with Crippen molar-refractivity contribution in [2.75, 3.05) is 27.4 Å². The Labute approximate surface area is 410 Å². The fraction of sp³-hybridized carbons (Fsp3) is 0.351. The molecule has 10 atom stereocenters. The van der Waals surface area contributed by atoms with Gasteiger partial charge in [-0.2, -0.15) is 0 Å². The van der Waals surface area contributed by atoms with Gasteiger partial charge in [-0.15, -0.1) is 0 Å². The Morgan fingerprint density at radius 2 is 0.843 bits per heavy atom. The average molecular weight is 955 g/mol. The maximum atomic E-state index is 13.0. The van der Waals surface area contributed by atoms with Crippen molar-refractivity contribution in [2.45, 2.75) is 101 Å². The number of benzene rings is 6.